The maximum atomic E-state index is 11.4. The highest BCUT2D eigenvalue weighted by molar-refractivity contribution is 5.94. The van der Waals surface area contributed by atoms with Gasteiger partial charge in [0.05, 0.1) is 0 Å². The molecule has 0 saturated carbocycles. The fraction of sp³-hybridized carbons (Fsp3) is 0.286. The lowest BCUT2D eigenvalue weighted by Crippen LogP contribution is -2.25. The molecule has 18 heavy (non-hydrogen) atoms. The van der Waals surface area contributed by atoms with E-state index < -0.39 is 5.97 Å². The molecule has 2 rings (SSSR count). The van der Waals surface area contributed by atoms with Crippen molar-refractivity contribution in [2.45, 2.75) is 20.3 Å². The van der Waals surface area contributed by atoms with E-state index in [1.807, 2.05) is 18.2 Å². The molecular formula is C14H15NO3. The molecule has 0 aliphatic carbocycles. The van der Waals surface area contributed by atoms with Crippen molar-refractivity contribution < 1.29 is 14.7 Å². The average Bonchev–Trinajstić information content (AvgIpc) is 2.70. The van der Waals surface area contributed by atoms with Crippen molar-refractivity contribution in [2.75, 3.05) is 11.4 Å². The Morgan fingerprint density at radius 2 is 2.06 bits per heavy atom. The smallest absolute Gasteiger partial charge is 0.328 e. The maximum absolute atomic E-state index is 11.4. The molecule has 0 fully saturated rings. The van der Waals surface area contributed by atoms with Crippen LogP contribution in [0.3, 0.4) is 0 Å². The highest BCUT2D eigenvalue weighted by atomic mass is 16.4. The van der Waals surface area contributed by atoms with E-state index in [1.165, 1.54) is 6.08 Å². The molecule has 1 N–H and O–H groups in total. The number of benzene rings is 1. The van der Waals surface area contributed by atoms with Crippen LogP contribution in [0.2, 0.25) is 0 Å². The molecule has 1 aliphatic heterocycles. The molecule has 1 aromatic rings. The Hall–Kier alpha value is -2.10. The van der Waals surface area contributed by atoms with Gasteiger partial charge in [-0.3, -0.25) is 4.79 Å². The summed E-state index contributed by atoms with van der Waals surface area (Å²) in [6.07, 6.45) is 2.02. The van der Waals surface area contributed by atoms with Crippen molar-refractivity contribution in [1.82, 2.24) is 0 Å². The number of nitrogens with zero attached hydrogens (tertiary/aromatic N) is 1. The lowest BCUT2D eigenvalue weighted by atomic mass is 10.0. The Kier molecular flexibility index (Phi) is 3.19. The van der Waals surface area contributed by atoms with E-state index in [-0.39, 0.29) is 5.91 Å². The average molecular weight is 245 g/mol. The van der Waals surface area contributed by atoms with Crippen LogP contribution in [-0.2, 0) is 16.0 Å². The van der Waals surface area contributed by atoms with Crippen LogP contribution in [0.25, 0.3) is 5.57 Å². The summed E-state index contributed by atoms with van der Waals surface area (Å²) in [5.41, 5.74) is 3.64. The Morgan fingerprint density at radius 1 is 1.33 bits per heavy atom. The number of carbonyl (C=O) groups excluding carboxylic acids is 1. The van der Waals surface area contributed by atoms with Gasteiger partial charge >= 0.3 is 5.97 Å². The number of carboxylic acids is 1. The number of carbonyl (C=O) groups is 2. The van der Waals surface area contributed by atoms with Gasteiger partial charge in [0, 0.05) is 25.2 Å². The Bertz CT molecular complexity index is 546. The highest BCUT2D eigenvalue weighted by Gasteiger charge is 2.22. The van der Waals surface area contributed by atoms with Crippen LogP contribution in [0.5, 0.6) is 0 Å². The van der Waals surface area contributed by atoms with Crippen molar-refractivity contribution in [2.24, 2.45) is 0 Å². The number of fused-ring (bicyclic) bond motifs is 1. The summed E-state index contributed by atoms with van der Waals surface area (Å²) in [6, 6.07) is 5.71. The van der Waals surface area contributed by atoms with Crippen molar-refractivity contribution >= 4 is 23.1 Å². The summed E-state index contributed by atoms with van der Waals surface area (Å²) < 4.78 is 0. The molecule has 0 spiro atoms. The number of rotatable bonds is 2. The van der Waals surface area contributed by atoms with Gasteiger partial charge in [0.1, 0.15) is 0 Å². The second-order valence-electron chi connectivity index (χ2n) is 4.43. The predicted molar refractivity (Wildman–Crippen MR) is 69.5 cm³/mol. The Balaban J connectivity index is 2.36. The van der Waals surface area contributed by atoms with Gasteiger partial charge < -0.3 is 10.0 Å². The third-order valence-electron chi connectivity index (χ3n) is 3.15. The second kappa shape index (κ2) is 4.64. The largest absolute Gasteiger partial charge is 0.478 e. The van der Waals surface area contributed by atoms with Crippen molar-refractivity contribution in [3.05, 3.63) is 35.4 Å². The van der Waals surface area contributed by atoms with Crippen LogP contribution in [0.15, 0.2) is 24.3 Å². The molecule has 4 heteroatoms. The van der Waals surface area contributed by atoms with E-state index >= 15 is 0 Å². The number of carboxylic acid groups (broad SMARTS) is 1. The molecule has 1 heterocycles. The van der Waals surface area contributed by atoms with Crippen LogP contribution in [-0.4, -0.2) is 23.5 Å². The number of hydrogen-bond donors (Lipinski definition) is 1. The molecule has 94 valence electrons. The van der Waals surface area contributed by atoms with Crippen LogP contribution >= 0.6 is 0 Å². The minimum atomic E-state index is -0.946. The number of amides is 1. The molecule has 0 aromatic heterocycles. The van der Waals surface area contributed by atoms with E-state index in [0.29, 0.717) is 12.1 Å². The molecule has 0 atom stereocenters. The standard InChI is InChI=1S/C14H15NO3/c1-9(7-14(17)18)11-3-4-13-12(8-11)5-6-15(13)10(2)16/h3-4,7-8H,5-6H2,1-2H3,(H,17,18)/b9-7+. The zero-order valence-corrected chi connectivity index (χ0v) is 10.4. The van der Waals surface area contributed by atoms with E-state index in [2.05, 4.69) is 0 Å². The van der Waals surface area contributed by atoms with Crippen molar-refractivity contribution in [3.8, 4) is 0 Å². The van der Waals surface area contributed by atoms with Gasteiger partial charge in [0.15, 0.2) is 0 Å². The fourth-order valence-corrected chi connectivity index (χ4v) is 2.24. The quantitative estimate of drug-likeness (QED) is 0.811. The van der Waals surface area contributed by atoms with Crippen molar-refractivity contribution in [1.29, 1.82) is 0 Å². The van der Waals surface area contributed by atoms with Crippen LogP contribution in [0, 0.1) is 0 Å². The Morgan fingerprint density at radius 3 is 2.67 bits per heavy atom. The lowest BCUT2D eigenvalue weighted by Gasteiger charge is -2.14. The lowest BCUT2D eigenvalue weighted by molar-refractivity contribution is -0.131. The molecular weight excluding hydrogens is 230 g/mol. The normalized spacial score (nSPS) is 14.6. The molecule has 4 nitrogen and oxygen atoms in total. The topological polar surface area (TPSA) is 57.6 Å². The van der Waals surface area contributed by atoms with Crippen LogP contribution in [0.1, 0.15) is 25.0 Å². The number of allylic oxidation sites excluding steroid dienone is 1. The third kappa shape index (κ3) is 2.27. The first-order valence-electron chi connectivity index (χ1n) is 5.81. The van der Waals surface area contributed by atoms with Gasteiger partial charge in [-0.2, -0.15) is 0 Å². The predicted octanol–water partition coefficient (Wildman–Crippen LogP) is 2.08. The summed E-state index contributed by atoms with van der Waals surface area (Å²) in [7, 11) is 0. The Labute approximate surface area is 106 Å². The summed E-state index contributed by atoms with van der Waals surface area (Å²) >= 11 is 0. The minimum absolute atomic E-state index is 0.0410. The zero-order chi connectivity index (χ0) is 13.3. The minimum Gasteiger partial charge on any atom is -0.478 e. The van der Waals surface area contributed by atoms with E-state index in [9.17, 15) is 9.59 Å². The first-order chi connectivity index (χ1) is 8.49. The molecule has 1 amide bonds. The first-order valence-corrected chi connectivity index (χ1v) is 5.81. The van der Waals surface area contributed by atoms with E-state index in [1.54, 1.807) is 18.7 Å². The molecule has 0 saturated heterocycles. The van der Waals surface area contributed by atoms with Gasteiger partial charge in [-0.25, -0.2) is 4.79 Å². The van der Waals surface area contributed by atoms with E-state index in [4.69, 9.17) is 5.11 Å². The van der Waals surface area contributed by atoms with Crippen molar-refractivity contribution in [3.63, 3.8) is 0 Å². The van der Waals surface area contributed by atoms with Crippen LogP contribution < -0.4 is 4.90 Å². The summed E-state index contributed by atoms with van der Waals surface area (Å²) in [5, 5.41) is 8.72. The van der Waals surface area contributed by atoms with Gasteiger partial charge in [-0.15, -0.1) is 0 Å². The van der Waals surface area contributed by atoms with Gasteiger partial charge in [0.2, 0.25) is 5.91 Å². The van der Waals surface area contributed by atoms with Gasteiger partial charge in [-0.05, 0) is 42.2 Å². The molecule has 0 radical (unpaired) electrons. The molecule has 0 bridgehead atoms. The summed E-state index contributed by atoms with van der Waals surface area (Å²) in [5.74, 6) is -0.905. The van der Waals surface area contributed by atoms with Crippen LogP contribution in [0.4, 0.5) is 5.69 Å². The fourth-order valence-electron chi connectivity index (χ4n) is 2.24. The number of hydrogen-bond acceptors (Lipinski definition) is 2. The first kappa shape index (κ1) is 12.4. The number of aliphatic carboxylic acids is 1. The summed E-state index contributed by atoms with van der Waals surface area (Å²) in [6.45, 7) is 4.03. The third-order valence-corrected chi connectivity index (χ3v) is 3.15. The van der Waals surface area contributed by atoms with Gasteiger partial charge in [0.25, 0.3) is 0 Å². The molecule has 1 aliphatic rings. The second-order valence-corrected chi connectivity index (χ2v) is 4.43. The maximum Gasteiger partial charge on any atom is 0.328 e. The zero-order valence-electron chi connectivity index (χ0n) is 10.4. The molecule has 1 aromatic carbocycles. The van der Waals surface area contributed by atoms with Gasteiger partial charge in [-0.1, -0.05) is 6.07 Å². The highest BCUT2D eigenvalue weighted by Crippen LogP contribution is 2.30. The SMILES string of the molecule is CC(=O)N1CCc2cc(/C(C)=C/C(=O)O)ccc21. The summed E-state index contributed by atoms with van der Waals surface area (Å²) in [4.78, 5) is 23.8. The molecule has 0 unspecified atom stereocenters. The number of anilines is 1. The van der Waals surface area contributed by atoms with E-state index in [0.717, 1.165) is 23.2 Å². The monoisotopic (exact) mass is 245 g/mol.